The highest BCUT2D eigenvalue weighted by Gasteiger charge is 2.39. The van der Waals surface area contributed by atoms with E-state index in [0.29, 0.717) is 25.2 Å². The first-order valence-corrected chi connectivity index (χ1v) is 10.9. The molecule has 8 nitrogen and oxygen atoms in total. The Morgan fingerprint density at radius 2 is 1.97 bits per heavy atom. The Kier molecular flexibility index (Phi) is 7.36. The zero-order valence-electron chi connectivity index (χ0n) is 18.0. The minimum atomic E-state index is -1.64. The molecule has 0 radical (unpaired) electrons. The molecule has 0 bridgehead atoms. The summed E-state index contributed by atoms with van der Waals surface area (Å²) in [6.45, 7) is 6.62. The average Bonchev–Trinajstić information content (AvgIpc) is 3.45. The molecule has 0 spiro atoms. The van der Waals surface area contributed by atoms with Crippen LogP contribution in [0.15, 0.2) is 18.3 Å². The van der Waals surface area contributed by atoms with E-state index in [1.165, 1.54) is 0 Å². The quantitative estimate of drug-likeness (QED) is 0.420. The molecule has 1 unspecified atom stereocenters. The number of anilines is 1. The summed E-state index contributed by atoms with van der Waals surface area (Å²) in [4.78, 5) is 32.2. The van der Waals surface area contributed by atoms with Crippen molar-refractivity contribution in [3.63, 3.8) is 0 Å². The number of pyridine rings is 1. The van der Waals surface area contributed by atoms with E-state index in [0.717, 1.165) is 30.8 Å². The van der Waals surface area contributed by atoms with Crippen LogP contribution in [-0.2, 0) is 9.59 Å². The van der Waals surface area contributed by atoms with Gasteiger partial charge in [-0.3, -0.25) is 9.59 Å². The molecule has 1 aliphatic heterocycles. The molecule has 2 amide bonds. The van der Waals surface area contributed by atoms with E-state index in [2.05, 4.69) is 15.6 Å². The molecule has 1 aromatic heterocycles. The number of amides is 2. The number of carbonyl (C=O) groups is 2. The molecule has 3 atom stereocenters. The largest absolute Gasteiger partial charge is 0.475 e. The van der Waals surface area contributed by atoms with Crippen LogP contribution >= 0.6 is 0 Å². The second-order valence-electron chi connectivity index (χ2n) is 9.09. The Morgan fingerprint density at radius 3 is 2.47 bits per heavy atom. The number of carbonyl (C=O) groups excluding carboxylic acids is 2. The molecule has 1 aliphatic carbocycles. The summed E-state index contributed by atoms with van der Waals surface area (Å²) in [5, 5.41) is 24.9. The predicted octanol–water partition coefficient (Wildman–Crippen LogP) is 0.797. The highest BCUT2D eigenvalue weighted by atomic mass is 16.4. The van der Waals surface area contributed by atoms with Crippen molar-refractivity contribution in [2.24, 2.45) is 11.8 Å². The van der Waals surface area contributed by atoms with Gasteiger partial charge in [-0.25, -0.2) is 4.98 Å². The number of hydrogen-bond acceptors (Lipinski definition) is 6. The molecule has 4 N–H and O–H groups in total. The van der Waals surface area contributed by atoms with Crippen molar-refractivity contribution in [2.75, 3.05) is 11.4 Å². The van der Waals surface area contributed by atoms with Gasteiger partial charge >= 0.3 is 7.12 Å². The lowest BCUT2D eigenvalue weighted by atomic mass is 9.75. The summed E-state index contributed by atoms with van der Waals surface area (Å²) in [5.41, 5.74) is 1.06. The van der Waals surface area contributed by atoms with Gasteiger partial charge in [-0.15, -0.1) is 0 Å². The molecule has 3 rings (SSSR count). The molecule has 0 aromatic carbocycles. The zero-order chi connectivity index (χ0) is 21.8. The Labute approximate surface area is 178 Å². The van der Waals surface area contributed by atoms with Crippen molar-refractivity contribution in [3.05, 3.63) is 23.9 Å². The van der Waals surface area contributed by atoms with Crippen molar-refractivity contribution < 1.29 is 19.6 Å². The molecule has 1 saturated heterocycles. The first kappa shape index (κ1) is 22.6. The number of aryl methyl sites for hydroxylation is 1. The van der Waals surface area contributed by atoms with Gasteiger partial charge in [0.2, 0.25) is 11.8 Å². The van der Waals surface area contributed by atoms with Crippen LogP contribution in [0.2, 0.25) is 0 Å². The third-order valence-corrected chi connectivity index (χ3v) is 5.82. The van der Waals surface area contributed by atoms with Crippen LogP contribution < -0.4 is 15.5 Å². The highest BCUT2D eigenvalue weighted by molar-refractivity contribution is 6.43. The van der Waals surface area contributed by atoms with Crippen LogP contribution in [-0.4, -0.2) is 58.5 Å². The number of hydrogen-bond donors (Lipinski definition) is 4. The van der Waals surface area contributed by atoms with Crippen LogP contribution in [0.25, 0.3) is 0 Å². The van der Waals surface area contributed by atoms with E-state index in [4.69, 9.17) is 0 Å². The van der Waals surface area contributed by atoms with Crippen molar-refractivity contribution in [2.45, 2.75) is 70.9 Å². The number of aromatic nitrogens is 1. The van der Waals surface area contributed by atoms with Crippen molar-refractivity contribution in [1.82, 2.24) is 15.6 Å². The summed E-state index contributed by atoms with van der Waals surface area (Å²) in [5.74, 6) is 0.0883. The molecule has 1 saturated carbocycles. The minimum absolute atomic E-state index is 0.186. The summed E-state index contributed by atoms with van der Waals surface area (Å²) >= 11 is 0. The van der Waals surface area contributed by atoms with Gasteiger partial charge in [0.15, 0.2) is 0 Å². The van der Waals surface area contributed by atoms with Gasteiger partial charge in [-0.1, -0.05) is 32.8 Å². The van der Waals surface area contributed by atoms with Gasteiger partial charge < -0.3 is 25.6 Å². The molecule has 164 valence electrons. The van der Waals surface area contributed by atoms with Crippen molar-refractivity contribution in [1.29, 1.82) is 0 Å². The first-order chi connectivity index (χ1) is 14.2. The van der Waals surface area contributed by atoms with Crippen molar-refractivity contribution >= 4 is 24.8 Å². The fraction of sp³-hybridized carbons (Fsp3) is 0.667. The zero-order valence-corrected chi connectivity index (χ0v) is 18.0. The summed E-state index contributed by atoms with van der Waals surface area (Å²) in [6.07, 6.45) is 5.62. The highest BCUT2D eigenvalue weighted by Crippen LogP contribution is 2.34. The smallest absolute Gasteiger partial charge is 0.426 e. The van der Waals surface area contributed by atoms with E-state index in [-0.39, 0.29) is 23.8 Å². The second kappa shape index (κ2) is 9.79. The molecule has 2 heterocycles. The normalized spacial score (nSPS) is 20.3. The van der Waals surface area contributed by atoms with Gasteiger partial charge in [0.05, 0.1) is 5.94 Å². The summed E-state index contributed by atoms with van der Waals surface area (Å²) < 4.78 is 0. The lowest BCUT2D eigenvalue weighted by Crippen LogP contribution is -2.61. The maximum Gasteiger partial charge on any atom is 0.475 e. The van der Waals surface area contributed by atoms with Crippen LogP contribution in [0.5, 0.6) is 0 Å². The van der Waals surface area contributed by atoms with E-state index >= 15 is 0 Å². The van der Waals surface area contributed by atoms with Crippen LogP contribution in [0.3, 0.4) is 0 Å². The number of nitrogens with one attached hydrogen (secondary N) is 2. The number of nitrogens with zero attached hydrogens (tertiary/aromatic N) is 2. The fourth-order valence-electron chi connectivity index (χ4n) is 3.80. The maximum absolute atomic E-state index is 12.9. The Morgan fingerprint density at radius 1 is 1.23 bits per heavy atom. The Balaban J connectivity index is 1.63. The van der Waals surface area contributed by atoms with Crippen LogP contribution in [0, 0.1) is 18.8 Å². The van der Waals surface area contributed by atoms with Gasteiger partial charge in [-0.05, 0) is 49.7 Å². The SMILES string of the molecule is Cc1ccc(N2CC[C@H]2C(=O)N[C@@H](CC2CC2)C(=O)NC(CC(C)C)B(O)O)nc1. The molecular formula is C21H33BN4O4. The van der Waals surface area contributed by atoms with E-state index < -0.39 is 19.1 Å². The first-order valence-electron chi connectivity index (χ1n) is 10.9. The molecule has 9 heteroatoms. The van der Waals surface area contributed by atoms with Gasteiger partial charge in [0.1, 0.15) is 17.9 Å². The van der Waals surface area contributed by atoms with E-state index in [9.17, 15) is 19.6 Å². The fourth-order valence-corrected chi connectivity index (χ4v) is 3.80. The molecule has 1 aromatic rings. The summed E-state index contributed by atoms with van der Waals surface area (Å²) in [7, 11) is -1.64. The van der Waals surface area contributed by atoms with E-state index in [1.807, 2.05) is 37.8 Å². The standard InChI is InChI=1S/C21H33BN4O4/c1-13(2)10-18(22(29)30)25-20(27)16(11-15-5-6-15)24-21(28)17-8-9-26(17)19-7-4-14(3)12-23-19/h4,7,12-13,15-18,29-30H,5-6,8-11H2,1-3H3,(H,24,28)(H,25,27)/t16-,17-,18?/m0/s1. The Hall–Kier alpha value is -2.13. The lowest BCUT2D eigenvalue weighted by Gasteiger charge is -2.41. The summed E-state index contributed by atoms with van der Waals surface area (Å²) in [6, 6.07) is 2.85. The molecule has 30 heavy (non-hydrogen) atoms. The molecule has 2 aliphatic rings. The second-order valence-corrected chi connectivity index (χ2v) is 9.09. The molecular weight excluding hydrogens is 383 g/mol. The Bertz CT molecular complexity index is 739. The monoisotopic (exact) mass is 416 g/mol. The van der Waals surface area contributed by atoms with Crippen molar-refractivity contribution in [3.8, 4) is 0 Å². The third kappa shape index (κ3) is 5.95. The predicted molar refractivity (Wildman–Crippen MR) is 116 cm³/mol. The molecule has 2 fully saturated rings. The maximum atomic E-state index is 12.9. The average molecular weight is 416 g/mol. The van der Waals surface area contributed by atoms with Gasteiger partial charge in [-0.2, -0.15) is 0 Å². The van der Waals surface area contributed by atoms with Gasteiger partial charge in [0.25, 0.3) is 0 Å². The van der Waals surface area contributed by atoms with Crippen LogP contribution in [0.1, 0.15) is 51.5 Å². The van der Waals surface area contributed by atoms with Gasteiger partial charge in [0, 0.05) is 12.7 Å². The van der Waals surface area contributed by atoms with E-state index in [1.54, 1.807) is 6.20 Å². The lowest BCUT2D eigenvalue weighted by molar-refractivity contribution is -0.130. The van der Waals surface area contributed by atoms with Crippen LogP contribution in [0.4, 0.5) is 5.82 Å². The topological polar surface area (TPSA) is 115 Å². The number of rotatable bonds is 10. The minimum Gasteiger partial charge on any atom is -0.426 e. The third-order valence-electron chi connectivity index (χ3n) is 5.82.